The molecule has 2 nitrogen and oxygen atoms in total. The molecule has 0 spiro atoms. The van der Waals surface area contributed by atoms with Crippen molar-refractivity contribution in [2.24, 2.45) is 0 Å². The van der Waals surface area contributed by atoms with Crippen molar-refractivity contribution < 1.29 is 0 Å². The SMILES string of the molecule is CCc1cncc(-c2ccccn2)c1. The first-order valence-corrected chi connectivity index (χ1v) is 4.75. The molecular formula is C12H12N2. The fraction of sp³-hybridized carbons (Fsp3) is 0.167. The first kappa shape index (κ1) is 8.88. The van der Waals surface area contributed by atoms with Crippen molar-refractivity contribution in [3.05, 3.63) is 48.4 Å². The van der Waals surface area contributed by atoms with Gasteiger partial charge in [0.1, 0.15) is 0 Å². The summed E-state index contributed by atoms with van der Waals surface area (Å²) in [6, 6.07) is 8.04. The summed E-state index contributed by atoms with van der Waals surface area (Å²) in [6.45, 7) is 2.12. The number of hydrogen-bond acceptors (Lipinski definition) is 2. The smallest absolute Gasteiger partial charge is 0.0717 e. The highest BCUT2D eigenvalue weighted by Gasteiger charge is 1.98. The van der Waals surface area contributed by atoms with E-state index in [-0.39, 0.29) is 0 Å². The fourth-order valence-corrected chi connectivity index (χ4v) is 1.35. The van der Waals surface area contributed by atoms with Crippen molar-refractivity contribution in [2.45, 2.75) is 13.3 Å². The zero-order valence-electron chi connectivity index (χ0n) is 8.14. The van der Waals surface area contributed by atoms with Gasteiger partial charge in [0.15, 0.2) is 0 Å². The van der Waals surface area contributed by atoms with E-state index in [2.05, 4.69) is 23.0 Å². The molecule has 0 unspecified atom stereocenters. The van der Waals surface area contributed by atoms with E-state index in [4.69, 9.17) is 0 Å². The summed E-state index contributed by atoms with van der Waals surface area (Å²) in [5, 5.41) is 0. The average molecular weight is 184 g/mol. The fourth-order valence-electron chi connectivity index (χ4n) is 1.35. The molecule has 0 aliphatic rings. The lowest BCUT2D eigenvalue weighted by Crippen LogP contribution is -1.87. The Kier molecular flexibility index (Phi) is 2.54. The Morgan fingerprint density at radius 2 is 2.14 bits per heavy atom. The third kappa shape index (κ3) is 1.79. The van der Waals surface area contributed by atoms with Crippen LogP contribution >= 0.6 is 0 Å². The van der Waals surface area contributed by atoms with E-state index >= 15 is 0 Å². The van der Waals surface area contributed by atoms with E-state index in [1.54, 1.807) is 6.20 Å². The number of rotatable bonds is 2. The minimum absolute atomic E-state index is 0.982. The van der Waals surface area contributed by atoms with E-state index in [9.17, 15) is 0 Å². The first-order valence-electron chi connectivity index (χ1n) is 4.75. The molecule has 2 heterocycles. The Morgan fingerprint density at radius 3 is 2.86 bits per heavy atom. The molecule has 0 aliphatic carbocycles. The van der Waals surface area contributed by atoms with Gasteiger partial charge >= 0.3 is 0 Å². The van der Waals surface area contributed by atoms with Crippen LogP contribution in [0.2, 0.25) is 0 Å². The number of nitrogens with zero attached hydrogens (tertiary/aromatic N) is 2. The van der Waals surface area contributed by atoms with Crippen molar-refractivity contribution >= 4 is 0 Å². The van der Waals surface area contributed by atoms with Crippen LogP contribution in [0, 0.1) is 0 Å². The second kappa shape index (κ2) is 4.01. The molecule has 14 heavy (non-hydrogen) atoms. The molecule has 0 aromatic carbocycles. The molecule has 0 fully saturated rings. The molecule has 70 valence electrons. The molecule has 0 radical (unpaired) electrons. The summed E-state index contributed by atoms with van der Waals surface area (Å²) in [5.41, 5.74) is 3.31. The minimum atomic E-state index is 0.982. The Labute approximate surface area is 83.7 Å². The van der Waals surface area contributed by atoms with E-state index < -0.39 is 0 Å². The molecule has 2 heteroatoms. The highest BCUT2D eigenvalue weighted by atomic mass is 14.7. The molecule has 2 rings (SSSR count). The van der Waals surface area contributed by atoms with Crippen LogP contribution < -0.4 is 0 Å². The Bertz CT molecular complexity index is 410. The summed E-state index contributed by atoms with van der Waals surface area (Å²) in [7, 11) is 0. The van der Waals surface area contributed by atoms with Gasteiger partial charge in [-0.15, -0.1) is 0 Å². The maximum absolute atomic E-state index is 4.28. The number of pyridine rings is 2. The van der Waals surface area contributed by atoms with Gasteiger partial charge in [0.2, 0.25) is 0 Å². The minimum Gasteiger partial charge on any atom is -0.264 e. The van der Waals surface area contributed by atoms with Gasteiger partial charge in [0, 0.05) is 24.2 Å². The van der Waals surface area contributed by atoms with Crippen molar-refractivity contribution in [2.75, 3.05) is 0 Å². The van der Waals surface area contributed by atoms with Crippen LogP contribution in [0.25, 0.3) is 11.3 Å². The van der Waals surface area contributed by atoms with Crippen LogP contribution in [0.5, 0.6) is 0 Å². The predicted octanol–water partition coefficient (Wildman–Crippen LogP) is 2.71. The van der Waals surface area contributed by atoms with Crippen LogP contribution in [-0.2, 0) is 6.42 Å². The highest BCUT2D eigenvalue weighted by Crippen LogP contribution is 2.16. The normalized spacial score (nSPS) is 10.1. The quantitative estimate of drug-likeness (QED) is 0.717. The van der Waals surface area contributed by atoms with Crippen LogP contribution in [0.15, 0.2) is 42.9 Å². The second-order valence-corrected chi connectivity index (χ2v) is 3.15. The molecular weight excluding hydrogens is 172 g/mol. The molecule has 2 aromatic rings. The Morgan fingerprint density at radius 1 is 1.21 bits per heavy atom. The Balaban J connectivity index is 2.42. The third-order valence-electron chi connectivity index (χ3n) is 2.16. The van der Waals surface area contributed by atoms with Crippen molar-refractivity contribution in [3.8, 4) is 11.3 Å². The van der Waals surface area contributed by atoms with Crippen molar-refractivity contribution in [1.82, 2.24) is 9.97 Å². The lowest BCUT2D eigenvalue weighted by molar-refractivity contribution is 1.10. The van der Waals surface area contributed by atoms with E-state index in [1.165, 1.54) is 5.56 Å². The zero-order valence-corrected chi connectivity index (χ0v) is 8.14. The summed E-state index contributed by atoms with van der Waals surface area (Å²) in [6.07, 6.45) is 6.55. The summed E-state index contributed by atoms with van der Waals surface area (Å²) >= 11 is 0. The third-order valence-corrected chi connectivity index (χ3v) is 2.16. The molecule has 0 bridgehead atoms. The molecule has 0 N–H and O–H groups in total. The molecule has 2 aromatic heterocycles. The van der Waals surface area contributed by atoms with Gasteiger partial charge in [-0.2, -0.15) is 0 Å². The largest absolute Gasteiger partial charge is 0.264 e. The van der Waals surface area contributed by atoms with Gasteiger partial charge in [0.05, 0.1) is 5.69 Å². The summed E-state index contributed by atoms with van der Waals surface area (Å²) < 4.78 is 0. The zero-order chi connectivity index (χ0) is 9.80. The van der Waals surface area contributed by atoms with Gasteiger partial charge in [-0.05, 0) is 30.2 Å². The second-order valence-electron chi connectivity index (χ2n) is 3.15. The lowest BCUT2D eigenvalue weighted by atomic mass is 10.1. The maximum atomic E-state index is 4.28. The number of hydrogen-bond donors (Lipinski definition) is 0. The maximum Gasteiger partial charge on any atom is 0.0717 e. The van der Waals surface area contributed by atoms with Crippen LogP contribution in [0.3, 0.4) is 0 Å². The summed E-state index contributed by atoms with van der Waals surface area (Å²) in [5.74, 6) is 0. The molecule has 0 saturated carbocycles. The van der Waals surface area contributed by atoms with Crippen molar-refractivity contribution in [1.29, 1.82) is 0 Å². The van der Waals surface area contributed by atoms with E-state index in [0.717, 1.165) is 17.7 Å². The highest BCUT2D eigenvalue weighted by molar-refractivity contribution is 5.58. The van der Waals surface area contributed by atoms with Crippen LogP contribution in [0.1, 0.15) is 12.5 Å². The first-order chi connectivity index (χ1) is 6.90. The van der Waals surface area contributed by atoms with Gasteiger partial charge < -0.3 is 0 Å². The summed E-state index contributed by atoms with van der Waals surface area (Å²) in [4.78, 5) is 8.48. The van der Waals surface area contributed by atoms with Gasteiger partial charge in [-0.1, -0.05) is 13.0 Å². The van der Waals surface area contributed by atoms with E-state index in [0.29, 0.717) is 0 Å². The predicted molar refractivity (Wildman–Crippen MR) is 56.8 cm³/mol. The van der Waals surface area contributed by atoms with Crippen molar-refractivity contribution in [3.63, 3.8) is 0 Å². The number of aryl methyl sites for hydroxylation is 1. The molecule has 0 atom stereocenters. The van der Waals surface area contributed by atoms with Crippen LogP contribution in [0.4, 0.5) is 0 Å². The van der Waals surface area contributed by atoms with E-state index in [1.807, 2.05) is 30.6 Å². The monoisotopic (exact) mass is 184 g/mol. The topological polar surface area (TPSA) is 25.8 Å². The average Bonchev–Trinajstić information content (AvgIpc) is 2.30. The van der Waals surface area contributed by atoms with Gasteiger partial charge in [-0.25, -0.2) is 0 Å². The number of aromatic nitrogens is 2. The standard InChI is InChI=1S/C12H12N2/c1-2-10-7-11(9-13-8-10)12-5-3-4-6-14-12/h3-9H,2H2,1H3. The van der Waals surface area contributed by atoms with Crippen LogP contribution in [-0.4, -0.2) is 9.97 Å². The molecule has 0 amide bonds. The van der Waals surface area contributed by atoms with Gasteiger partial charge in [-0.3, -0.25) is 9.97 Å². The molecule has 0 saturated heterocycles. The lowest BCUT2D eigenvalue weighted by Gasteiger charge is -2.01. The Hall–Kier alpha value is -1.70. The molecule has 0 aliphatic heterocycles. The van der Waals surface area contributed by atoms with Gasteiger partial charge in [0.25, 0.3) is 0 Å².